The van der Waals surface area contributed by atoms with E-state index in [-0.39, 0.29) is 0 Å². The van der Waals surface area contributed by atoms with Crippen molar-refractivity contribution in [1.82, 2.24) is 20.4 Å². The summed E-state index contributed by atoms with van der Waals surface area (Å²) in [5, 5.41) is 10.8. The Balaban J connectivity index is 1.49. The Morgan fingerprint density at radius 1 is 1.19 bits per heavy atom. The maximum Gasteiger partial charge on any atom is 0.191 e. The number of benzene rings is 1. The molecule has 26 heavy (non-hydrogen) atoms. The van der Waals surface area contributed by atoms with Gasteiger partial charge in [-0.25, -0.2) is 0 Å². The molecule has 0 bridgehead atoms. The van der Waals surface area contributed by atoms with E-state index in [4.69, 9.17) is 4.74 Å². The summed E-state index contributed by atoms with van der Waals surface area (Å²) in [6.07, 6.45) is 8.43. The second kappa shape index (κ2) is 9.27. The molecule has 3 rings (SSSR count). The zero-order valence-electron chi connectivity index (χ0n) is 15.7. The van der Waals surface area contributed by atoms with Gasteiger partial charge >= 0.3 is 0 Å². The van der Waals surface area contributed by atoms with Gasteiger partial charge in [0.25, 0.3) is 0 Å². The van der Waals surface area contributed by atoms with Crippen LogP contribution in [-0.4, -0.2) is 28.9 Å². The van der Waals surface area contributed by atoms with Gasteiger partial charge in [-0.15, -0.1) is 0 Å². The molecular formula is C20H29N5O. The molecule has 0 aliphatic heterocycles. The van der Waals surface area contributed by atoms with Crippen LogP contribution in [0.3, 0.4) is 0 Å². The summed E-state index contributed by atoms with van der Waals surface area (Å²) < 4.78 is 8.01. The lowest BCUT2D eigenvalue weighted by Gasteiger charge is -2.23. The normalized spacial score (nSPS) is 15.7. The number of rotatable bonds is 6. The minimum absolute atomic E-state index is 0.375. The van der Waals surface area contributed by atoms with Crippen LogP contribution in [0.2, 0.25) is 0 Å². The van der Waals surface area contributed by atoms with Crippen molar-refractivity contribution in [2.24, 2.45) is 12.0 Å². The third kappa shape index (κ3) is 5.25. The summed E-state index contributed by atoms with van der Waals surface area (Å²) in [5.74, 6) is 1.74. The van der Waals surface area contributed by atoms with Gasteiger partial charge in [0, 0.05) is 26.8 Å². The minimum Gasteiger partial charge on any atom is -0.490 e. The van der Waals surface area contributed by atoms with Gasteiger partial charge in [-0.05, 0) is 49.4 Å². The second-order valence-electron chi connectivity index (χ2n) is 6.75. The molecule has 6 nitrogen and oxygen atoms in total. The molecule has 1 aromatic carbocycles. The standard InChI is InChI=1S/C20H29N5O/c1-21-20(23-15-17-11-12-24-25(17)2)22-14-16-7-6-10-19(13-16)26-18-8-4-3-5-9-18/h6-7,10-13,18H,3-5,8-9,14-15H2,1-2H3,(H2,21,22,23). The molecule has 1 fully saturated rings. The van der Waals surface area contributed by atoms with Crippen molar-refractivity contribution in [1.29, 1.82) is 0 Å². The lowest BCUT2D eigenvalue weighted by molar-refractivity contribution is 0.155. The second-order valence-corrected chi connectivity index (χ2v) is 6.75. The molecule has 0 spiro atoms. The summed E-state index contributed by atoms with van der Waals surface area (Å²) in [7, 11) is 3.71. The predicted molar refractivity (Wildman–Crippen MR) is 104 cm³/mol. The van der Waals surface area contributed by atoms with Crippen molar-refractivity contribution < 1.29 is 4.74 Å². The van der Waals surface area contributed by atoms with E-state index in [9.17, 15) is 0 Å². The fourth-order valence-corrected chi connectivity index (χ4v) is 3.26. The van der Waals surface area contributed by atoms with Gasteiger partial charge in [-0.1, -0.05) is 18.6 Å². The lowest BCUT2D eigenvalue weighted by Crippen LogP contribution is -2.36. The number of ether oxygens (including phenoxy) is 1. The smallest absolute Gasteiger partial charge is 0.191 e. The number of nitrogens with one attached hydrogen (secondary N) is 2. The van der Waals surface area contributed by atoms with Crippen LogP contribution < -0.4 is 15.4 Å². The van der Waals surface area contributed by atoms with Crippen LogP contribution in [0.4, 0.5) is 0 Å². The van der Waals surface area contributed by atoms with Gasteiger partial charge in [0.2, 0.25) is 0 Å². The van der Waals surface area contributed by atoms with E-state index in [2.05, 4.69) is 38.9 Å². The van der Waals surface area contributed by atoms with E-state index in [1.54, 1.807) is 13.2 Å². The first-order valence-electron chi connectivity index (χ1n) is 9.41. The summed E-state index contributed by atoms with van der Waals surface area (Å²) >= 11 is 0. The Labute approximate surface area is 155 Å². The zero-order valence-corrected chi connectivity index (χ0v) is 15.7. The Kier molecular flexibility index (Phi) is 6.52. The largest absolute Gasteiger partial charge is 0.490 e. The molecule has 1 aliphatic rings. The number of aliphatic imine (C=N–C) groups is 1. The van der Waals surface area contributed by atoms with Crippen molar-refractivity contribution >= 4 is 5.96 Å². The van der Waals surface area contributed by atoms with Gasteiger partial charge in [-0.2, -0.15) is 5.10 Å². The molecule has 1 heterocycles. The molecule has 0 radical (unpaired) electrons. The Morgan fingerprint density at radius 2 is 2.00 bits per heavy atom. The van der Waals surface area contributed by atoms with Crippen molar-refractivity contribution in [3.8, 4) is 5.75 Å². The highest BCUT2D eigenvalue weighted by Crippen LogP contribution is 2.23. The van der Waals surface area contributed by atoms with E-state index < -0.39 is 0 Å². The SMILES string of the molecule is CN=C(NCc1cccc(OC2CCCCC2)c1)NCc1ccnn1C. The molecule has 0 atom stereocenters. The molecule has 2 aromatic rings. The van der Waals surface area contributed by atoms with Crippen LogP contribution >= 0.6 is 0 Å². The van der Waals surface area contributed by atoms with E-state index in [0.717, 1.165) is 17.4 Å². The van der Waals surface area contributed by atoms with Crippen molar-refractivity contribution in [2.45, 2.75) is 51.3 Å². The predicted octanol–water partition coefficient (Wildman–Crippen LogP) is 3.00. The van der Waals surface area contributed by atoms with E-state index in [1.165, 1.54) is 37.7 Å². The molecule has 1 aromatic heterocycles. The zero-order chi connectivity index (χ0) is 18.2. The number of hydrogen-bond acceptors (Lipinski definition) is 3. The quantitative estimate of drug-likeness (QED) is 0.618. The highest BCUT2D eigenvalue weighted by atomic mass is 16.5. The first kappa shape index (κ1) is 18.3. The van der Waals surface area contributed by atoms with Crippen molar-refractivity contribution in [2.75, 3.05) is 7.05 Å². The van der Waals surface area contributed by atoms with Gasteiger partial charge < -0.3 is 15.4 Å². The summed E-state index contributed by atoms with van der Waals surface area (Å²) in [6, 6.07) is 10.3. The topological polar surface area (TPSA) is 63.5 Å². The fraction of sp³-hybridized carbons (Fsp3) is 0.500. The molecule has 1 aliphatic carbocycles. The monoisotopic (exact) mass is 355 g/mol. The van der Waals surface area contributed by atoms with Gasteiger partial charge in [-0.3, -0.25) is 9.67 Å². The van der Waals surface area contributed by atoms with Crippen molar-refractivity contribution in [3.63, 3.8) is 0 Å². The summed E-state index contributed by atoms with van der Waals surface area (Å²) in [4.78, 5) is 4.28. The van der Waals surface area contributed by atoms with Crippen LogP contribution in [0, 0.1) is 0 Å². The van der Waals surface area contributed by atoms with E-state index in [1.807, 2.05) is 23.9 Å². The van der Waals surface area contributed by atoms with E-state index >= 15 is 0 Å². The number of hydrogen-bond donors (Lipinski definition) is 2. The van der Waals surface area contributed by atoms with Crippen molar-refractivity contribution in [3.05, 3.63) is 47.8 Å². The number of nitrogens with zero attached hydrogens (tertiary/aromatic N) is 3. The lowest BCUT2D eigenvalue weighted by atomic mass is 9.98. The molecule has 140 valence electrons. The average Bonchev–Trinajstić information content (AvgIpc) is 3.08. The number of aryl methyl sites for hydroxylation is 1. The minimum atomic E-state index is 0.375. The third-order valence-corrected chi connectivity index (χ3v) is 4.80. The highest BCUT2D eigenvalue weighted by molar-refractivity contribution is 5.79. The Hall–Kier alpha value is -2.50. The van der Waals surface area contributed by atoms with Gasteiger partial charge in [0.1, 0.15) is 5.75 Å². The summed E-state index contributed by atoms with van der Waals surface area (Å²) in [5.41, 5.74) is 2.29. The highest BCUT2D eigenvalue weighted by Gasteiger charge is 2.14. The molecule has 0 amide bonds. The first-order chi connectivity index (χ1) is 12.7. The molecular weight excluding hydrogens is 326 g/mol. The Morgan fingerprint density at radius 3 is 2.73 bits per heavy atom. The Bertz CT molecular complexity index is 718. The molecule has 1 saturated carbocycles. The molecule has 6 heteroatoms. The molecule has 2 N–H and O–H groups in total. The van der Waals surface area contributed by atoms with Crippen LogP contribution in [-0.2, 0) is 20.1 Å². The fourth-order valence-electron chi connectivity index (χ4n) is 3.26. The maximum absolute atomic E-state index is 6.16. The molecule has 0 saturated heterocycles. The average molecular weight is 355 g/mol. The van der Waals surface area contributed by atoms with E-state index in [0.29, 0.717) is 19.2 Å². The number of guanidine groups is 1. The van der Waals surface area contributed by atoms with Gasteiger partial charge in [0.15, 0.2) is 5.96 Å². The summed E-state index contributed by atoms with van der Waals surface area (Å²) in [6.45, 7) is 1.38. The first-order valence-corrected chi connectivity index (χ1v) is 9.41. The number of aromatic nitrogens is 2. The van der Waals surface area contributed by atoms with Crippen LogP contribution in [0.15, 0.2) is 41.5 Å². The molecule has 0 unspecified atom stereocenters. The maximum atomic E-state index is 6.16. The third-order valence-electron chi connectivity index (χ3n) is 4.80. The van der Waals surface area contributed by atoms with Crippen LogP contribution in [0.25, 0.3) is 0 Å². The van der Waals surface area contributed by atoms with Crippen LogP contribution in [0.5, 0.6) is 5.75 Å². The van der Waals surface area contributed by atoms with Gasteiger partial charge in [0.05, 0.1) is 18.3 Å². The van der Waals surface area contributed by atoms with Crippen LogP contribution in [0.1, 0.15) is 43.4 Å².